The molecule has 0 spiro atoms. The highest BCUT2D eigenvalue weighted by Gasteiger charge is 2.08. The van der Waals surface area contributed by atoms with Crippen molar-refractivity contribution in [3.05, 3.63) is 22.4 Å². The zero-order valence-electron chi connectivity index (χ0n) is 11.0. The van der Waals surface area contributed by atoms with Gasteiger partial charge in [-0.15, -0.1) is 0 Å². The van der Waals surface area contributed by atoms with Gasteiger partial charge in [-0.1, -0.05) is 45.4 Å². The molecule has 102 valence electrons. The van der Waals surface area contributed by atoms with Gasteiger partial charge in [-0.2, -0.15) is 0 Å². The van der Waals surface area contributed by atoms with Crippen LogP contribution in [0.2, 0.25) is 0 Å². The number of unbranched alkanes of at least 4 members (excludes halogenated alkanes) is 6. The fourth-order valence-corrected chi connectivity index (χ4v) is 2.53. The Morgan fingerprint density at radius 1 is 1.22 bits per heavy atom. The van der Waals surface area contributed by atoms with Gasteiger partial charge < -0.3 is 9.67 Å². The van der Waals surface area contributed by atoms with Crippen molar-refractivity contribution < 1.29 is 9.90 Å². The minimum Gasteiger partial charge on any atom is -0.478 e. The number of carboxylic acids is 1. The summed E-state index contributed by atoms with van der Waals surface area (Å²) in [5.41, 5.74) is 0.352. The maximum absolute atomic E-state index is 10.8. The molecule has 0 amide bonds. The molecule has 1 aromatic rings. The first-order valence-electron chi connectivity index (χ1n) is 6.74. The SMILES string of the molecule is CCCCCCCCCn1cc(C(=O)O)cc1Br. The number of aromatic carboxylic acids is 1. The quantitative estimate of drug-likeness (QED) is 0.671. The van der Waals surface area contributed by atoms with Gasteiger partial charge >= 0.3 is 5.97 Å². The van der Waals surface area contributed by atoms with E-state index in [-0.39, 0.29) is 0 Å². The van der Waals surface area contributed by atoms with Gasteiger partial charge in [0.25, 0.3) is 0 Å². The molecule has 0 aliphatic heterocycles. The van der Waals surface area contributed by atoms with Crippen molar-refractivity contribution in [3.8, 4) is 0 Å². The summed E-state index contributed by atoms with van der Waals surface area (Å²) in [4.78, 5) is 10.8. The van der Waals surface area contributed by atoms with Crippen molar-refractivity contribution in [1.82, 2.24) is 4.57 Å². The zero-order chi connectivity index (χ0) is 13.4. The Labute approximate surface area is 117 Å². The molecule has 0 saturated carbocycles. The van der Waals surface area contributed by atoms with E-state index in [0.717, 1.165) is 17.6 Å². The fraction of sp³-hybridized carbons (Fsp3) is 0.643. The second-order valence-corrected chi connectivity index (χ2v) is 5.48. The summed E-state index contributed by atoms with van der Waals surface area (Å²) in [6.07, 6.45) is 10.6. The number of nitrogens with zero attached hydrogens (tertiary/aromatic N) is 1. The monoisotopic (exact) mass is 315 g/mol. The molecule has 0 fully saturated rings. The van der Waals surface area contributed by atoms with Gasteiger partial charge in [0.2, 0.25) is 0 Å². The van der Waals surface area contributed by atoms with Gasteiger partial charge in [0.1, 0.15) is 0 Å². The highest BCUT2D eigenvalue weighted by atomic mass is 79.9. The van der Waals surface area contributed by atoms with E-state index in [9.17, 15) is 4.79 Å². The molecule has 0 unspecified atom stereocenters. The Morgan fingerprint density at radius 3 is 2.39 bits per heavy atom. The third-order valence-corrected chi connectivity index (χ3v) is 3.78. The smallest absolute Gasteiger partial charge is 0.337 e. The van der Waals surface area contributed by atoms with E-state index in [2.05, 4.69) is 22.9 Å². The van der Waals surface area contributed by atoms with Crippen LogP contribution in [0.4, 0.5) is 0 Å². The topological polar surface area (TPSA) is 42.2 Å². The summed E-state index contributed by atoms with van der Waals surface area (Å²) in [5, 5.41) is 8.88. The van der Waals surface area contributed by atoms with Gasteiger partial charge in [0.15, 0.2) is 0 Å². The lowest BCUT2D eigenvalue weighted by Crippen LogP contribution is -1.98. The third-order valence-electron chi connectivity index (χ3n) is 3.09. The minimum atomic E-state index is -0.867. The molecule has 1 aromatic heterocycles. The van der Waals surface area contributed by atoms with Crippen molar-refractivity contribution >= 4 is 21.9 Å². The van der Waals surface area contributed by atoms with Crippen molar-refractivity contribution in [1.29, 1.82) is 0 Å². The zero-order valence-corrected chi connectivity index (χ0v) is 12.6. The van der Waals surface area contributed by atoms with E-state index in [4.69, 9.17) is 5.11 Å². The lowest BCUT2D eigenvalue weighted by Gasteiger charge is -2.04. The number of carbonyl (C=O) groups is 1. The maximum atomic E-state index is 10.8. The standard InChI is InChI=1S/C14H22BrNO2/c1-2-3-4-5-6-7-8-9-16-11-12(14(17)18)10-13(16)15/h10-11H,2-9H2,1H3,(H,17,18). The van der Waals surface area contributed by atoms with Crippen LogP contribution in [0.1, 0.15) is 62.2 Å². The average Bonchev–Trinajstić information content (AvgIpc) is 2.70. The van der Waals surface area contributed by atoms with Gasteiger partial charge in [0, 0.05) is 12.7 Å². The lowest BCUT2D eigenvalue weighted by molar-refractivity contribution is 0.0697. The van der Waals surface area contributed by atoms with Gasteiger partial charge in [-0.05, 0) is 28.4 Å². The van der Waals surface area contributed by atoms with Crippen LogP contribution in [-0.2, 0) is 6.54 Å². The van der Waals surface area contributed by atoms with Crippen LogP contribution in [0.25, 0.3) is 0 Å². The van der Waals surface area contributed by atoms with E-state index in [1.807, 2.05) is 4.57 Å². The number of aryl methyl sites for hydroxylation is 1. The Balaban J connectivity index is 2.21. The molecular weight excluding hydrogens is 294 g/mol. The summed E-state index contributed by atoms with van der Waals surface area (Å²) in [6, 6.07) is 1.66. The second kappa shape index (κ2) is 8.35. The number of aromatic nitrogens is 1. The number of halogens is 1. The predicted molar refractivity (Wildman–Crippen MR) is 77.1 cm³/mol. The number of hydrogen-bond acceptors (Lipinski definition) is 1. The maximum Gasteiger partial charge on any atom is 0.337 e. The molecule has 0 aliphatic rings. The van der Waals surface area contributed by atoms with Crippen LogP contribution in [0.5, 0.6) is 0 Å². The largest absolute Gasteiger partial charge is 0.478 e. The second-order valence-electron chi connectivity index (χ2n) is 4.67. The summed E-state index contributed by atoms with van der Waals surface area (Å²) < 4.78 is 2.82. The molecule has 0 aromatic carbocycles. The minimum absolute atomic E-state index is 0.352. The first-order chi connectivity index (χ1) is 8.65. The highest BCUT2D eigenvalue weighted by Crippen LogP contribution is 2.17. The number of hydrogen-bond donors (Lipinski definition) is 1. The molecule has 0 atom stereocenters. The summed E-state index contributed by atoms with van der Waals surface area (Å²) in [5.74, 6) is -0.867. The van der Waals surface area contributed by atoms with E-state index in [0.29, 0.717) is 5.56 Å². The van der Waals surface area contributed by atoms with E-state index in [1.54, 1.807) is 12.3 Å². The van der Waals surface area contributed by atoms with Crippen LogP contribution in [0.3, 0.4) is 0 Å². The molecular formula is C14H22BrNO2. The molecule has 3 nitrogen and oxygen atoms in total. The van der Waals surface area contributed by atoms with Crippen LogP contribution in [0.15, 0.2) is 16.9 Å². The summed E-state index contributed by atoms with van der Waals surface area (Å²) in [7, 11) is 0. The molecule has 0 aliphatic carbocycles. The molecule has 0 saturated heterocycles. The third kappa shape index (κ3) is 5.25. The fourth-order valence-electron chi connectivity index (χ4n) is 2.01. The molecule has 18 heavy (non-hydrogen) atoms. The Morgan fingerprint density at radius 2 is 1.83 bits per heavy atom. The average molecular weight is 316 g/mol. The predicted octanol–water partition coefficient (Wildman–Crippen LogP) is 4.70. The van der Waals surface area contributed by atoms with Crippen molar-refractivity contribution in [2.24, 2.45) is 0 Å². The van der Waals surface area contributed by atoms with Crippen molar-refractivity contribution in [3.63, 3.8) is 0 Å². The summed E-state index contributed by atoms with van der Waals surface area (Å²) >= 11 is 3.39. The van der Waals surface area contributed by atoms with E-state index in [1.165, 1.54) is 38.5 Å². The van der Waals surface area contributed by atoms with Gasteiger partial charge in [0.05, 0.1) is 10.2 Å². The van der Waals surface area contributed by atoms with Gasteiger partial charge in [-0.3, -0.25) is 0 Å². The first kappa shape index (κ1) is 15.3. The van der Waals surface area contributed by atoms with E-state index < -0.39 is 5.97 Å². The Kier molecular flexibility index (Phi) is 7.09. The Hall–Kier alpha value is -0.770. The molecule has 1 heterocycles. The first-order valence-corrected chi connectivity index (χ1v) is 7.53. The Bertz CT molecular complexity index is 374. The molecule has 0 bridgehead atoms. The molecule has 4 heteroatoms. The molecule has 0 radical (unpaired) electrons. The van der Waals surface area contributed by atoms with Crippen LogP contribution in [-0.4, -0.2) is 15.6 Å². The normalized spacial score (nSPS) is 10.8. The van der Waals surface area contributed by atoms with E-state index >= 15 is 0 Å². The lowest BCUT2D eigenvalue weighted by atomic mass is 10.1. The highest BCUT2D eigenvalue weighted by molar-refractivity contribution is 9.10. The van der Waals surface area contributed by atoms with Crippen LogP contribution >= 0.6 is 15.9 Å². The van der Waals surface area contributed by atoms with Gasteiger partial charge in [-0.25, -0.2) is 4.79 Å². The summed E-state index contributed by atoms with van der Waals surface area (Å²) in [6.45, 7) is 3.12. The molecule has 1 rings (SSSR count). The van der Waals surface area contributed by atoms with Crippen LogP contribution in [0, 0.1) is 0 Å². The number of rotatable bonds is 9. The number of carboxylic acid groups (broad SMARTS) is 1. The van der Waals surface area contributed by atoms with Crippen molar-refractivity contribution in [2.45, 2.75) is 58.4 Å². The van der Waals surface area contributed by atoms with Crippen molar-refractivity contribution in [2.75, 3.05) is 0 Å². The van der Waals surface area contributed by atoms with Crippen LogP contribution < -0.4 is 0 Å². The molecule has 1 N–H and O–H groups in total.